The van der Waals surface area contributed by atoms with Gasteiger partial charge in [-0.05, 0) is 56.0 Å². The molecule has 0 bridgehead atoms. The molecule has 0 saturated heterocycles. The summed E-state index contributed by atoms with van der Waals surface area (Å²) in [6, 6.07) is 0. The van der Waals surface area contributed by atoms with Crippen molar-refractivity contribution in [3.8, 4) is 0 Å². The van der Waals surface area contributed by atoms with Gasteiger partial charge in [-0.15, -0.1) is 11.3 Å². The molecule has 0 aromatic carbocycles. The van der Waals surface area contributed by atoms with Crippen molar-refractivity contribution in [1.29, 1.82) is 0 Å². The fourth-order valence-corrected chi connectivity index (χ4v) is 2.96. The number of aryl methyl sites for hydroxylation is 2. The fourth-order valence-electron chi connectivity index (χ4n) is 1.81. The Bertz CT molecular complexity index is 542. The molecule has 0 unspecified atom stereocenters. The van der Waals surface area contributed by atoms with Crippen molar-refractivity contribution >= 4 is 28.5 Å². The van der Waals surface area contributed by atoms with Crippen molar-refractivity contribution in [1.82, 2.24) is 0 Å². The van der Waals surface area contributed by atoms with Crippen molar-refractivity contribution in [2.45, 2.75) is 27.7 Å². The Morgan fingerprint density at radius 2 is 1.78 bits per heavy atom. The molecule has 1 aromatic heterocycles. The number of hydrogen-bond acceptors (Lipinski definition) is 1. The van der Waals surface area contributed by atoms with E-state index in [2.05, 4.69) is 40.9 Å². The van der Waals surface area contributed by atoms with Gasteiger partial charge in [0, 0.05) is 14.8 Å². The quantitative estimate of drug-likeness (QED) is 0.598. The van der Waals surface area contributed by atoms with Crippen molar-refractivity contribution in [3.05, 3.63) is 62.9 Å². The van der Waals surface area contributed by atoms with Gasteiger partial charge in [-0.25, -0.2) is 0 Å². The van der Waals surface area contributed by atoms with Crippen molar-refractivity contribution in [3.63, 3.8) is 0 Å². The molecule has 0 amide bonds. The second-order valence-corrected chi connectivity index (χ2v) is 6.16. The minimum absolute atomic E-state index is 0.636. The molecule has 0 fully saturated rings. The van der Waals surface area contributed by atoms with E-state index in [0.29, 0.717) is 5.03 Å². The Kier molecular flexibility index (Phi) is 5.18. The summed E-state index contributed by atoms with van der Waals surface area (Å²) in [4.78, 5) is 2.68. The second kappa shape index (κ2) is 6.21. The molecule has 1 rings (SSSR count). The number of rotatable bonds is 4. The Balaban J connectivity index is 3.11. The SMILES string of the molecule is C=CC(Cl)=CC=C(C)C(=C)c1c(C)sc(C)c1C. The summed E-state index contributed by atoms with van der Waals surface area (Å²) in [6.45, 7) is 16.3. The monoisotopic (exact) mass is 278 g/mol. The lowest BCUT2D eigenvalue weighted by atomic mass is 9.97. The molecule has 0 atom stereocenters. The van der Waals surface area contributed by atoms with Gasteiger partial charge in [-0.3, -0.25) is 0 Å². The third kappa shape index (κ3) is 3.24. The van der Waals surface area contributed by atoms with Crippen LogP contribution in [0.2, 0.25) is 0 Å². The summed E-state index contributed by atoms with van der Waals surface area (Å²) >= 11 is 7.72. The van der Waals surface area contributed by atoms with E-state index in [0.717, 1.165) is 11.1 Å². The number of hydrogen-bond donors (Lipinski definition) is 0. The summed E-state index contributed by atoms with van der Waals surface area (Å²) in [5, 5.41) is 0.636. The lowest BCUT2D eigenvalue weighted by Gasteiger charge is -2.07. The van der Waals surface area contributed by atoms with E-state index in [1.165, 1.54) is 20.9 Å². The predicted octanol–water partition coefficient (Wildman–Crippen LogP) is 5.94. The molecule has 0 spiro atoms. The van der Waals surface area contributed by atoms with Crippen LogP contribution in [0.15, 0.2) is 42.0 Å². The Labute approximate surface area is 119 Å². The van der Waals surface area contributed by atoms with Gasteiger partial charge in [0.05, 0.1) is 0 Å². The topological polar surface area (TPSA) is 0 Å². The molecule has 18 heavy (non-hydrogen) atoms. The van der Waals surface area contributed by atoms with Crippen molar-refractivity contribution < 1.29 is 0 Å². The normalized spacial score (nSPS) is 12.7. The van der Waals surface area contributed by atoms with Gasteiger partial charge in [0.15, 0.2) is 0 Å². The van der Waals surface area contributed by atoms with E-state index in [9.17, 15) is 0 Å². The van der Waals surface area contributed by atoms with Crippen LogP contribution in [0.25, 0.3) is 5.57 Å². The lowest BCUT2D eigenvalue weighted by molar-refractivity contribution is 1.37. The van der Waals surface area contributed by atoms with E-state index in [-0.39, 0.29) is 0 Å². The number of halogens is 1. The molecular formula is C16H19ClS. The van der Waals surface area contributed by atoms with E-state index in [1.54, 1.807) is 6.08 Å². The van der Waals surface area contributed by atoms with Gasteiger partial charge < -0.3 is 0 Å². The highest BCUT2D eigenvalue weighted by Crippen LogP contribution is 2.34. The minimum atomic E-state index is 0.636. The third-order valence-electron chi connectivity index (χ3n) is 3.03. The standard InChI is InChI=1S/C16H19ClS/c1-7-15(17)9-8-10(2)11(3)16-12(4)13(5)18-14(16)6/h7-9H,1,3H2,2,4-6H3. The minimum Gasteiger partial charge on any atom is -0.145 e. The first-order valence-corrected chi connectivity index (χ1v) is 7.00. The molecule has 0 radical (unpaired) electrons. The van der Waals surface area contributed by atoms with Crippen LogP contribution in [0.1, 0.15) is 27.8 Å². The fraction of sp³-hybridized carbons (Fsp3) is 0.250. The van der Waals surface area contributed by atoms with Crippen LogP contribution in [0, 0.1) is 20.8 Å². The molecule has 0 nitrogen and oxygen atoms in total. The maximum absolute atomic E-state index is 5.90. The Morgan fingerprint density at radius 3 is 2.22 bits per heavy atom. The molecule has 2 heteroatoms. The highest BCUT2D eigenvalue weighted by atomic mass is 35.5. The van der Waals surface area contributed by atoms with Gasteiger partial charge in [0.1, 0.15) is 0 Å². The first-order chi connectivity index (χ1) is 8.38. The molecule has 96 valence electrons. The van der Waals surface area contributed by atoms with Gasteiger partial charge in [0.25, 0.3) is 0 Å². The zero-order valence-electron chi connectivity index (χ0n) is 11.4. The summed E-state index contributed by atoms with van der Waals surface area (Å²) < 4.78 is 0. The first kappa shape index (κ1) is 15.0. The molecule has 0 aliphatic carbocycles. The average molecular weight is 279 g/mol. The summed E-state index contributed by atoms with van der Waals surface area (Å²) in [6.07, 6.45) is 5.45. The van der Waals surface area contributed by atoms with Gasteiger partial charge >= 0.3 is 0 Å². The summed E-state index contributed by atoms with van der Waals surface area (Å²) in [5.74, 6) is 0. The van der Waals surface area contributed by atoms with E-state index in [4.69, 9.17) is 11.6 Å². The van der Waals surface area contributed by atoms with Gasteiger partial charge in [-0.2, -0.15) is 0 Å². The highest BCUT2D eigenvalue weighted by molar-refractivity contribution is 7.12. The molecule has 0 saturated carbocycles. The maximum atomic E-state index is 5.90. The summed E-state index contributed by atoms with van der Waals surface area (Å²) in [7, 11) is 0. The second-order valence-electron chi connectivity index (χ2n) is 4.30. The molecule has 1 heterocycles. The van der Waals surface area contributed by atoms with Crippen LogP contribution < -0.4 is 0 Å². The molecule has 0 N–H and O–H groups in total. The average Bonchev–Trinajstić information content (AvgIpc) is 2.59. The van der Waals surface area contributed by atoms with E-state index >= 15 is 0 Å². The smallest absolute Gasteiger partial charge is 0.0400 e. The maximum Gasteiger partial charge on any atom is 0.0400 e. The molecule has 1 aromatic rings. The van der Waals surface area contributed by atoms with Crippen LogP contribution in [0.3, 0.4) is 0 Å². The van der Waals surface area contributed by atoms with Gasteiger partial charge in [-0.1, -0.05) is 36.9 Å². The molecular weight excluding hydrogens is 260 g/mol. The van der Waals surface area contributed by atoms with E-state index in [1.807, 2.05) is 23.5 Å². The highest BCUT2D eigenvalue weighted by Gasteiger charge is 2.12. The first-order valence-electron chi connectivity index (χ1n) is 5.81. The van der Waals surface area contributed by atoms with Crippen LogP contribution >= 0.6 is 22.9 Å². The lowest BCUT2D eigenvalue weighted by Crippen LogP contribution is -1.88. The number of thiophene rings is 1. The molecule has 0 aliphatic rings. The molecule has 0 aliphatic heterocycles. The van der Waals surface area contributed by atoms with Crippen molar-refractivity contribution in [2.75, 3.05) is 0 Å². The Hall–Kier alpha value is -1.05. The third-order valence-corrected chi connectivity index (χ3v) is 4.43. The largest absolute Gasteiger partial charge is 0.145 e. The van der Waals surface area contributed by atoms with Crippen LogP contribution in [-0.4, -0.2) is 0 Å². The predicted molar refractivity (Wildman–Crippen MR) is 85.5 cm³/mol. The Morgan fingerprint density at radius 1 is 1.17 bits per heavy atom. The van der Waals surface area contributed by atoms with Crippen LogP contribution in [0.5, 0.6) is 0 Å². The van der Waals surface area contributed by atoms with Crippen LogP contribution in [0.4, 0.5) is 0 Å². The van der Waals surface area contributed by atoms with Gasteiger partial charge in [0.2, 0.25) is 0 Å². The van der Waals surface area contributed by atoms with E-state index < -0.39 is 0 Å². The summed E-state index contributed by atoms with van der Waals surface area (Å²) in [5.41, 5.74) is 4.79. The zero-order valence-corrected chi connectivity index (χ0v) is 13.0. The van der Waals surface area contributed by atoms with Crippen molar-refractivity contribution in [2.24, 2.45) is 0 Å². The number of allylic oxidation sites excluding steroid dienone is 6. The van der Waals surface area contributed by atoms with Crippen LogP contribution in [-0.2, 0) is 0 Å². The zero-order chi connectivity index (χ0) is 13.9.